The minimum absolute atomic E-state index is 0.135. The fourth-order valence-corrected chi connectivity index (χ4v) is 5.38. The van der Waals surface area contributed by atoms with Crippen molar-refractivity contribution >= 4 is 44.1 Å². The predicted octanol–water partition coefficient (Wildman–Crippen LogP) is 3.82. The zero-order valence-corrected chi connectivity index (χ0v) is 20.3. The van der Waals surface area contributed by atoms with Gasteiger partial charge in [0.15, 0.2) is 0 Å². The summed E-state index contributed by atoms with van der Waals surface area (Å²) in [6, 6.07) is 18.3. The van der Waals surface area contributed by atoms with E-state index >= 15 is 0 Å². The average molecular weight is 475 g/mol. The molecule has 1 fully saturated rings. The normalized spacial score (nSPS) is 14.7. The number of hydrogen-bond donors (Lipinski definition) is 2. The molecule has 2 aromatic carbocycles. The van der Waals surface area contributed by atoms with Crippen LogP contribution in [0, 0.1) is 0 Å². The third-order valence-corrected chi connectivity index (χ3v) is 7.31. The molecular formula is C26H30N6OS. The van der Waals surface area contributed by atoms with Crippen LogP contribution in [-0.2, 0) is 6.54 Å². The maximum Gasteiger partial charge on any atom is 0.264 e. The summed E-state index contributed by atoms with van der Waals surface area (Å²) >= 11 is 1.58. The quantitative estimate of drug-likeness (QED) is 0.378. The van der Waals surface area contributed by atoms with Crippen molar-refractivity contribution in [1.29, 1.82) is 0 Å². The smallest absolute Gasteiger partial charge is 0.264 e. The van der Waals surface area contributed by atoms with E-state index in [2.05, 4.69) is 33.7 Å². The Bertz CT molecular complexity index is 1250. The molecule has 0 unspecified atom stereocenters. The highest BCUT2D eigenvalue weighted by Crippen LogP contribution is 2.27. The Balaban J connectivity index is 1.23. The summed E-state index contributed by atoms with van der Waals surface area (Å²) in [5, 5.41) is 8.86. The SMILES string of the molecule is CNCCCNc1nc(CN2CCN(C(=O)c3cc4ccccc4s3)CC2)nc2ccccc12. The molecule has 0 radical (unpaired) electrons. The van der Waals surface area contributed by atoms with E-state index in [-0.39, 0.29) is 5.91 Å². The van der Waals surface area contributed by atoms with Gasteiger partial charge in [-0.1, -0.05) is 30.3 Å². The fourth-order valence-electron chi connectivity index (χ4n) is 4.35. The number of nitrogens with one attached hydrogen (secondary N) is 2. The Labute approximate surface area is 203 Å². The van der Waals surface area contributed by atoms with Crippen molar-refractivity contribution < 1.29 is 4.79 Å². The number of carbonyl (C=O) groups excluding carboxylic acids is 1. The lowest BCUT2D eigenvalue weighted by molar-refractivity contribution is 0.0630. The van der Waals surface area contributed by atoms with Crippen LogP contribution in [-0.4, -0.2) is 72.0 Å². The maximum atomic E-state index is 13.1. The number of benzene rings is 2. The molecule has 176 valence electrons. The van der Waals surface area contributed by atoms with Crippen molar-refractivity contribution in [3.63, 3.8) is 0 Å². The van der Waals surface area contributed by atoms with Gasteiger partial charge in [0.1, 0.15) is 11.6 Å². The average Bonchev–Trinajstić information content (AvgIpc) is 3.31. The highest BCUT2D eigenvalue weighted by atomic mass is 32.1. The lowest BCUT2D eigenvalue weighted by Crippen LogP contribution is -2.48. The number of nitrogens with zero attached hydrogens (tertiary/aromatic N) is 4. The van der Waals surface area contributed by atoms with Crippen molar-refractivity contribution in [2.75, 3.05) is 51.6 Å². The van der Waals surface area contributed by atoms with Gasteiger partial charge in [0.2, 0.25) is 0 Å². The Kier molecular flexibility index (Phi) is 6.99. The monoisotopic (exact) mass is 474 g/mol. The molecule has 3 heterocycles. The first-order valence-electron chi connectivity index (χ1n) is 11.9. The van der Waals surface area contributed by atoms with Gasteiger partial charge < -0.3 is 15.5 Å². The maximum absolute atomic E-state index is 13.1. The minimum atomic E-state index is 0.135. The molecule has 0 saturated carbocycles. The highest BCUT2D eigenvalue weighted by Gasteiger charge is 2.24. The molecular weight excluding hydrogens is 444 g/mol. The number of rotatable bonds is 8. The number of aromatic nitrogens is 2. The summed E-state index contributed by atoms with van der Waals surface area (Å²) in [4.78, 5) is 27.9. The number of piperazine rings is 1. The summed E-state index contributed by atoms with van der Waals surface area (Å²) in [7, 11) is 1.97. The third kappa shape index (κ3) is 5.04. The molecule has 8 heteroatoms. The van der Waals surface area contributed by atoms with Gasteiger partial charge in [-0.2, -0.15) is 0 Å². The number of anilines is 1. The molecule has 1 saturated heterocycles. The van der Waals surface area contributed by atoms with E-state index in [1.54, 1.807) is 11.3 Å². The number of amides is 1. The predicted molar refractivity (Wildman–Crippen MR) is 140 cm³/mol. The van der Waals surface area contributed by atoms with Gasteiger partial charge >= 0.3 is 0 Å². The van der Waals surface area contributed by atoms with Gasteiger partial charge in [-0.05, 0) is 49.7 Å². The van der Waals surface area contributed by atoms with Crippen molar-refractivity contribution in [1.82, 2.24) is 25.1 Å². The second-order valence-electron chi connectivity index (χ2n) is 8.61. The fraction of sp³-hybridized carbons (Fsp3) is 0.346. The topological polar surface area (TPSA) is 73.4 Å². The zero-order valence-electron chi connectivity index (χ0n) is 19.5. The Morgan fingerprint density at radius 3 is 2.62 bits per heavy atom. The van der Waals surface area contributed by atoms with Crippen LogP contribution in [0.25, 0.3) is 21.0 Å². The first kappa shape index (κ1) is 22.7. The molecule has 5 rings (SSSR count). The zero-order chi connectivity index (χ0) is 23.3. The molecule has 2 aromatic heterocycles. The summed E-state index contributed by atoms with van der Waals surface area (Å²) < 4.78 is 1.16. The molecule has 2 N–H and O–H groups in total. The molecule has 34 heavy (non-hydrogen) atoms. The van der Waals surface area contributed by atoms with Crippen LogP contribution >= 0.6 is 11.3 Å². The van der Waals surface area contributed by atoms with Crippen molar-refractivity contribution in [2.24, 2.45) is 0 Å². The van der Waals surface area contributed by atoms with E-state index in [0.29, 0.717) is 6.54 Å². The summed E-state index contributed by atoms with van der Waals surface area (Å²) in [5.41, 5.74) is 0.960. The van der Waals surface area contributed by atoms with E-state index < -0.39 is 0 Å². The standard InChI is InChI=1S/C26H30N6OS/c1-27-11-6-12-28-25-20-8-3-4-9-21(20)29-24(30-25)18-31-13-15-32(16-14-31)26(33)23-17-19-7-2-5-10-22(19)34-23/h2-5,7-10,17,27H,6,11-16,18H2,1H3,(H,28,29,30). The number of para-hydroxylation sites is 1. The Hall–Kier alpha value is -3.07. The van der Waals surface area contributed by atoms with Crippen LogP contribution in [0.5, 0.6) is 0 Å². The molecule has 0 bridgehead atoms. The highest BCUT2D eigenvalue weighted by molar-refractivity contribution is 7.20. The Morgan fingerprint density at radius 1 is 1.00 bits per heavy atom. The summed E-state index contributed by atoms with van der Waals surface area (Å²) in [5.74, 6) is 1.85. The van der Waals surface area contributed by atoms with E-state index in [1.807, 2.05) is 48.3 Å². The van der Waals surface area contributed by atoms with Gasteiger partial charge in [-0.25, -0.2) is 9.97 Å². The number of thiophene rings is 1. The molecule has 0 atom stereocenters. The lowest BCUT2D eigenvalue weighted by atomic mass is 10.2. The van der Waals surface area contributed by atoms with Crippen LogP contribution < -0.4 is 10.6 Å². The second-order valence-corrected chi connectivity index (χ2v) is 9.69. The van der Waals surface area contributed by atoms with Gasteiger partial charge in [0.05, 0.1) is 16.9 Å². The van der Waals surface area contributed by atoms with Crippen LogP contribution in [0.4, 0.5) is 5.82 Å². The largest absolute Gasteiger partial charge is 0.369 e. The number of fused-ring (bicyclic) bond motifs is 2. The number of carbonyl (C=O) groups is 1. The summed E-state index contributed by atoms with van der Waals surface area (Å²) in [6.07, 6.45) is 1.03. The second kappa shape index (κ2) is 10.5. The van der Waals surface area contributed by atoms with Gasteiger partial charge in [0.25, 0.3) is 5.91 Å². The molecule has 7 nitrogen and oxygen atoms in total. The van der Waals surface area contributed by atoms with Crippen LogP contribution in [0.2, 0.25) is 0 Å². The van der Waals surface area contributed by atoms with Crippen LogP contribution in [0.1, 0.15) is 21.9 Å². The van der Waals surface area contributed by atoms with Crippen LogP contribution in [0.3, 0.4) is 0 Å². The van der Waals surface area contributed by atoms with Gasteiger partial charge in [0, 0.05) is 42.8 Å². The van der Waals surface area contributed by atoms with Gasteiger partial charge in [-0.15, -0.1) is 11.3 Å². The van der Waals surface area contributed by atoms with Crippen molar-refractivity contribution in [3.8, 4) is 0 Å². The van der Waals surface area contributed by atoms with E-state index in [9.17, 15) is 4.79 Å². The van der Waals surface area contributed by atoms with E-state index in [0.717, 1.165) is 83.2 Å². The molecule has 1 aliphatic heterocycles. The molecule has 4 aromatic rings. The van der Waals surface area contributed by atoms with Crippen molar-refractivity contribution in [3.05, 3.63) is 65.3 Å². The molecule has 0 aliphatic carbocycles. The number of hydrogen-bond acceptors (Lipinski definition) is 7. The molecule has 1 aliphatic rings. The third-order valence-electron chi connectivity index (χ3n) is 6.21. The Morgan fingerprint density at radius 2 is 1.79 bits per heavy atom. The minimum Gasteiger partial charge on any atom is -0.369 e. The van der Waals surface area contributed by atoms with Crippen LogP contribution in [0.15, 0.2) is 54.6 Å². The van der Waals surface area contributed by atoms with Crippen molar-refractivity contribution in [2.45, 2.75) is 13.0 Å². The first-order valence-corrected chi connectivity index (χ1v) is 12.7. The lowest BCUT2D eigenvalue weighted by Gasteiger charge is -2.34. The molecule has 1 amide bonds. The van der Waals surface area contributed by atoms with E-state index in [1.165, 1.54) is 0 Å². The first-order chi connectivity index (χ1) is 16.7. The molecule has 0 spiro atoms. The van der Waals surface area contributed by atoms with Gasteiger partial charge in [-0.3, -0.25) is 9.69 Å². The van der Waals surface area contributed by atoms with E-state index in [4.69, 9.17) is 9.97 Å². The summed E-state index contributed by atoms with van der Waals surface area (Å²) in [6.45, 7) is 5.58.